The zero-order chi connectivity index (χ0) is 13.5. The second-order valence-corrected chi connectivity index (χ2v) is 6.81. The van der Waals surface area contributed by atoms with E-state index in [0.29, 0.717) is 0 Å². The first-order valence-corrected chi connectivity index (χ1v) is 7.18. The van der Waals surface area contributed by atoms with Gasteiger partial charge in [0.25, 0.3) is 10.2 Å². The topological polar surface area (TPSA) is 40.4 Å². The molecule has 3 atom stereocenters. The van der Waals surface area contributed by atoms with E-state index in [1.165, 1.54) is 8.61 Å². The molecular formula is C13H18N2O2S. The summed E-state index contributed by atoms with van der Waals surface area (Å²) in [6.45, 7) is 5.76. The Kier molecular flexibility index (Phi) is 3.31. The van der Waals surface area contributed by atoms with Gasteiger partial charge in [0.05, 0.1) is 12.1 Å². The summed E-state index contributed by atoms with van der Waals surface area (Å²) in [5, 5.41) is 0. The van der Waals surface area contributed by atoms with E-state index in [4.69, 9.17) is 0 Å². The highest BCUT2D eigenvalue weighted by Gasteiger charge is 2.56. The van der Waals surface area contributed by atoms with Gasteiger partial charge in [0.1, 0.15) is 0 Å². The van der Waals surface area contributed by atoms with Crippen LogP contribution in [0.4, 0.5) is 0 Å². The standard InChI is InChI=1S/C13H18N2O2S/c1-10(2)12-13(11-8-6-5-7-9-11)15(12)18(16,17)14(3)4/h5-9,12-13H,1H2,2-4H3/t12-,13-,15?/m1/s1. The molecule has 0 N–H and O–H groups in total. The van der Waals surface area contributed by atoms with Crippen LogP contribution < -0.4 is 0 Å². The molecule has 1 fully saturated rings. The maximum Gasteiger partial charge on any atom is 0.282 e. The summed E-state index contributed by atoms with van der Waals surface area (Å²) in [4.78, 5) is 0. The zero-order valence-electron chi connectivity index (χ0n) is 10.9. The summed E-state index contributed by atoms with van der Waals surface area (Å²) >= 11 is 0. The second-order valence-electron chi connectivity index (χ2n) is 4.77. The van der Waals surface area contributed by atoms with Crippen LogP contribution >= 0.6 is 0 Å². The lowest BCUT2D eigenvalue weighted by molar-refractivity contribution is 0.475. The van der Waals surface area contributed by atoms with E-state index in [2.05, 4.69) is 6.58 Å². The minimum atomic E-state index is -3.39. The molecule has 18 heavy (non-hydrogen) atoms. The number of hydrogen-bond acceptors (Lipinski definition) is 2. The molecule has 1 aromatic carbocycles. The van der Waals surface area contributed by atoms with Crippen LogP contribution in [0.15, 0.2) is 42.5 Å². The van der Waals surface area contributed by atoms with Crippen molar-refractivity contribution in [1.29, 1.82) is 0 Å². The predicted molar refractivity (Wildman–Crippen MR) is 72.2 cm³/mol. The van der Waals surface area contributed by atoms with Gasteiger partial charge in [0.2, 0.25) is 0 Å². The lowest BCUT2D eigenvalue weighted by Crippen LogP contribution is -2.30. The van der Waals surface area contributed by atoms with Crippen molar-refractivity contribution in [2.75, 3.05) is 14.1 Å². The predicted octanol–water partition coefficient (Wildman–Crippen LogP) is 1.79. The average molecular weight is 266 g/mol. The van der Waals surface area contributed by atoms with E-state index in [9.17, 15) is 8.42 Å². The molecule has 2 rings (SSSR count). The van der Waals surface area contributed by atoms with Gasteiger partial charge in [-0.05, 0) is 12.5 Å². The molecule has 1 heterocycles. The summed E-state index contributed by atoms with van der Waals surface area (Å²) in [6, 6.07) is 9.42. The van der Waals surface area contributed by atoms with Gasteiger partial charge in [0, 0.05) is 14.1 Å². The summed E-state index contributed by atoms with van der Waals surface area (Å²) < 4.78 is 27.2. The Bertz CT molecular complexity index is 552. The Labute approximate surface area is 109 Å². The van der Waals surface area contributed by atoms with Gasteiger partial charge in [-0.3, -0.25) is 0 Å². The molecule has 0 saturated carbocycles. The molecule has 5 heteroatoms. The third-order valence-electron chi connectivity index (χ3n) is 3.13. The third kappa shape index (κ3) is 2.09. The van der Waals surface area contributed by atoms with Gasteiger partial charge < -0.3 is 0 Å². The van der Waals surface area contributed by atoms with Crippen molar-refractivity contribution in [2.45, 2.75) is 19.0 Å². The molecule has 0 bridgehead atoms. The van der Waals surface area contributed by atoms with Crippen molar-refractivity contribution >= 4 is 10.2 Å². The van der Waals surface area contributed by atoms with Gasteiger partial charge in [-0.15, -0.1) is 0 Å². The Morgan fingerprint density at radius 2 is 1.83 bits per heavy atom. The quantitative estimate of drug-likeness (QED) is 0.616. The summed E-state index contributed by atoms with van der Waals surface area (Å²) in [7, 11) is -0.296. The maximum atomic E-state index is 12.2. The first-order valence-electron chi connectivity index (χ1n) is 5.78. The van der Waals surface area contributed by atoms with Gasteiger partial charge >= 0.3 is 0 Å². The van der Waals surface area contributed by atoms with E-state index in [0.717, 1.165) is 11.1 Å². The fraction of sp³-hybridized carbons (Fsp3) is 0.385. The van der Waals surface area contributed by atoms with Crippen molar-refractivity contribution < 1.29 is 8.42 Å². The fourth-order valence-corrected chi connectivity index (χ4v) is 3.58. The van der Waals surface area contributed by atoms with E-state index in [1.54, 1.807) is 14.1 Å². The highest BCUT2D eigenvalue weighted by molar-refractivity contribution is 7.87. The minimum absolute atomic E-state index is 0.115. The monoisotopic (exact) mass is 266 g/mol. The first-order chi connectivity index (χ1) is 8.37. The van der Waals surface area contributed by atoms with Crippen molar-refractivity contribution in [2.24, 2.45) is 0 Å². The molecule has 0 spiro atoms. The van der Waals surface area contributed by atoms with Crippen molar-refractivity contribution in [3.05, 3.63) is 48.0 Å². The number of nitrogens with zero attached hydrogens (tertiary/aromatic N) is 2. The average Bonchev–Trinajstić information content (AvgIpc) is 3.05. The molecule has 1 aliphatic heterocycles. The largest absolute Gasteiger partial charge is 0.282 e. The SMILES string of the molecule is C=C(C)[C@@H]1[C@@H](c2ccccc2)N1S(=O)(=O)N(C)C. The van der Waals surface area contributed by atoms with Crippen LogP contribution in [-0.4, -0.2) is 37.2 Å². The van der Waals surface area contributed by atoms with Crippen LogP contribution in [0.5, 0.6) is 0 Å². The molecule has 0 aliphatic carbocycles. The molecule has 1 aliphatic rings. The highest BCUT2D eigenvalue weighted by atomic mass is 32.2. The molecule has 98 valence electrons. The molecule has 0 amide bonds. The van der Waals surface area contributed by atoms with E-state index in [1.807, 2.05) is 37.3 Å². The number of hydrogen-bond donors (Lipinski definition) is 0. The number of rotatable bonds is 4. The molecule has 0 aromatic heterocycles. The minimum Gasteiger partial charge on any atom is -0.195 e. The van der Waals surface area contributed by atoms with Crippen LogP contribution in [0.25, 0.3) is 0 Å². The van der Waals surface area contributed by atoms with Crippen LogP contribution in [0, 0.1) is 0 Å². The summed E-state index contributed by atoms with van der Waals surface area (Å²) in [6.07, 6.45) is 0. The highest BCUT2D eigenvalue weighted by Crippen LogP contribution is 2.49. The maximum absolute atomic E-state index is 12.2. The lowest BCUT2D eigenvalue weighted by atomic mass is 10.1. The smallest absolute Gasteiger partial charge is 0.195 e. The van der Waals surface area contributed by atoms with Gasteiger partial charge in [0.15, 0.2) is 0 Å². The molecule has 1 unspecified atom stereocenters. The first kappa shape index (κ1) is 13.3. The van der Waals surface area contributed by atoms with Crippen LogP contribution in [0.2, 0.25) is 0 Å². The Morgan fingerprint density at radius 3 is 2.28 bits per heavy atom. The second kappa shape index (κ2) is 4.50. The van der Waals surface area contributed by atoms with Gasteiger partial charge in [-0.1, -0.05) is 42.5 Å². The van der Waals surface area contributed by atoms with E-state index < -0.39 is 10.2 Å². The van der Waals surface area contributed by atoms with Crippen LogP contribution in [-0.2, 0) is 10.2 Å². The van der Waals surface area contributed by atoms with Gasteiger partial charge in [-0.25, -0.2) is 0 Å². The van der Waals surface area contributed by atoms with Crippen LogP contribution in [0.3, 0.4) is 0 Å². The third-order valence-corrected chi connectivity index (χ3v) is 5.04. The molecule has 1 aromatic rings. The van der Waals surface area contributed by atoms with Gasteiger partial charge in [-0.2, -0.15) is 17.0 Å². The van der Waals surface area contributed by atoms with Crippen molar-refractivity contribution in [3.8, 4) is 0 Å². The molecule has 0 radical (unpaired) electrons. The molecular weight excluding hydrogens is 248 g/mol. The number of benzene rings is 1. The normalized spacial score (nSPS) is 27.2. The Balaban J connectivity index is 2.36. The van der Waals surface area contributed by atoms with E-state index in [-0.39, 0.29) is 12.1 Å². The van der Waals surface area contributed by atoms with E-state index >= 15 is 0 Å². The fourth-order valence-electron chi connectivity index (χ4n) is 2.15. The Hall–Kier alpha value is -1.17. The lowest BCUT2D eigenvalue weighted by Gasteiger charge is -2.13. The Morgan fingerprint density at radius 1 is 1.28 bits per heavy atom. The molecule has 4 nitrogen and oxygen atoms in total. The van der Waals surface area contributed by atoms with Crippen LogP contribution in [0.1, 0.15) is 18.5 Å². The molecule has 1 saturated heterocycles. The van der Waals surface area contributed by atoms with Crippen molar-refractivity contribution in [1.82, 2.24) is 8.61 Å². The summed E-state index contributed by atoms with van der Waals surface area (Å²) in [5.74, 6) is 0. The summed E-state index contributed by atoms with van der Waals surface area (Å²) in [5.41, 5.74) is 1.88. The zero-order valence-corrected chi connectivity index (χ0v) is 11.7. The van der Waals surface area contributed by atoms with Crippen molar-refractivity contribution in [3.63, 3.8) is 0 Å².